The van der Waals surface area contributed by atoms with Crippen LogP contribution in [-0.4, -0.2) is 5.11 Å². The molecule has 0 bridgehead atoms. The van der Waals surface area contributed by atoms with E-state index in [0.29, 0.717) is 27.7 Å². The number of halogens is 2. The third kappa shape index (κ3) is 2.96. The minimum atomic E-state index is -0.692. The van der Waals surface area contributed by atoms with Crippen molar-refractivity contribution in [1.29, 1.82) is 0 Å². The maximum Gasteiger partial charge on any atom is 0.0850 e. The lowest BCUT2D eigenvalue weighted by Crippen LogP contribution is -2.05. The van der Waals surface area contributed by atoms with Gasteiger partial charge < -0.3 is 10.8 Å². The molecule has 0 radical (unpaired) electrons. The van der Waals surface area contributed by atoms with Crippen LogP contribution in [0.3, 0.4) is 0 Å². The second-order valence-electron chi connectivity index (χ2n) is 4.08. The number of aliphatic hydroxyl groups excluding tert-OH is 1. The summed E-state index contributed by atoms with van der Waals surface area (Å²) in [5.74, 6) is 0. The smallest absolute Gasteiger partial charge is 0.0850 e. The van der Waals surface area contributed by atoms with E-state index < -0.39 is 6.10 Å². The molecule has 0 saturated carbocycles. The molecule has 2 aromatic rings. The maximum atomic E-state index is 10.2. The van der Waals surface area contributed by atoms with E-state index in [1.807, 2.05) is 12.1 Å². The predicted octanol–water partition coefficient (Wildman–Crippen LogP) is 3.85. The highest BCUT2D eigenvalue weighted by Gasteiger charge is 2.13. The Hall–Kier alpha value is -1.22. The van der Waals surface area contributed by atoms with Gasteiger partial charge in [0.25, 0.3) is 0 Å². The van der Waals surface area contributed by atoms with E-state index in [-0.39, 0.29) is 0 Å². The van der Waals surface area contributed by atoms with Crippen molar-refractivity contribution in [3.63, 3.8) is 0 Å². The van der Waals surface area contributed by atoms with Gasteiger partial charge in [-0.25, -0.2) is 0 Å². The Labute approximate surface area is 116 Å². The molecular formula is C14H13Cl2NO. The van der Waals surface area contributed by atoms with Crippen LogP contribution in [0.4, 0.5) is 5.69 Å². The molecule has 0 aliphatic rings. The molecule has 3 N–H and O–H groups in total. The van der Waals surface area contributed by atoms with E-state index in [1.165, 1.54) is 0 Å². The van der Waals surface area contributed by atoms with Crippen molar-refractivity contribution in [2.75, 3.05) is 5.73 Å². The lowest BCUT2D eigenvalue weighted by molar-refractivity contribution is 0.179. The van der Waals surface area contributed by atoms with Crippen molar-refractivity contribution >= 4 is 28.9 Å². The van der Waals surface area contributed by atoms with Crippen LogP contribution in [0.25, 0.3) is 0 Å². The summed E-state index contributed by atoms with van der Waals surface area (Å²) in [5, 5.41) is 11.4. The van der Waals surface area contributed by atoms with Crippen LogP contribution >= 0.6 is 23.2 Å². The average molecular weight is 282 g/mol. The number of anilines is 1. The second kappa shape index (κ2) is 5.61. The van der Waals surface area contributed by atoms with Gasteiger partial charge in [0.15, 0.2) is 0 Å². The molecule has 4 heteroatoms. The molecule has 2 aromatic carbocycles. The van der Waals surface area contributed by atoms with E-state index in [9.17, 15) is 5.11 Å². The van der Waals surface area contributed by atoms with Crippen LogP contribution in [-0.2, 0) is 6.42 Å². The SMILES string of the molecule is Nc1ccccc1C(O)Cc1cc(Cl)ccc1Cl. The molecule has 0 heterocycles. The first-order valence-electron chi connectivity index (χ1n) is 5.54. The zero-order chi connectivity index (χ0) is 13.1. The number of hydrogen-bond acceptors (Lipinski definition) is 2. The van der Waals surface area contributed by atoms with Gasteiger partial charge in [0.05, 0.1) is 6.10 Å². The Kier molecular flexibility index (Phi) is 4.12. The highest BCUT2D eigenvalue weighted by molar-refractivity contribution is 6.33. The fraction of sp³-hybridized carbons (Fsp3) is 0.143. The molecule has 94 valence electrons. The molecule has 2 nitrogen and oxygen atoms in total. The van der Waals surface area contributed by atoms with Crippen molar-refractivity contribution in [2.24, 2.45) is 0 Å². The Morgan fingerprint density at radius 1 is 1.11 bits per heavy atom. The van der Waals surface area contributed by atoms with Gasteiger partial charge in [0.1, 0.15) is 0 Å². The van der Waals surface area contributed by atoms with Crippen LogP contribution < -0.4 is 5.73 Å². The molecule has 1 unspecified atom stereocenters. The van der Waals surface area contributed by atoms with Crippen LogP contribution in [0.2, 0.25) is 10.0 Å². The van der Waals surface area contributed by atoms with E-state index in [4.69, 9.17) is 28.9 Å². The van der Waals surface area contributed by atoms with Crippen molar-refractivity contribution in [1.82, 2.24) is 0 Å². The van der Waals surface area contributed by atoms with Crippen molar-refractivity contribution in [3.05, 3.63) is 63.6 Å². The van der Waals surface area contributed by atoms with Gasteiger partial charge in [0.2, 0.25) is 0 Å². The third-order valence-electron chi connectivity index (χ3n) is 2.78. The molecule has 2 rings (SSSR count). The molecule has 0 aromatic heterocycles. The fourth-order valence-electron chi connectivity index (χ4n) is 1.83. The van der Waals surface area contributed by atoms with Gasteiger partial charge >= 0.3 is 0 Å². The first-order valence-corrected chi connectivity index (χ1v) is 6.30. The van der Waals surface area contributed by atoms with Crippen LogP contribution in [0, 0.1) is 0 Å². The van der Waals surface area contributed by atoms with Crippen LogP contribution in [0.5, 0.6) is 0 Å². The van der Waals surface area contributed by atoms with Gasteiger partial charge in [-0.3, -0.25) is 0 Å². The number of aliphatic hydroxyl groups is 1. The Balaban J connectivity index is 2.24. The van der Waals surface area contributed by atoms with Crippen molar-refractivity contribution in [3.8, 4) is 0 Å². The van der Waals surface area contributed by atoms with E-state index >= 15 is 0 Å². The van der Waals surface area contributed by atoms with Crippen molar-refractivity contribution < 1.29 is 5.11 Å². The lowest BCUT2D eigenvalue weighted by Gasteiger charge is -2.14. The van der Waals surface area contributed by atoms with E-state index in [2.05, 4.69) is 0 Å². The largest absolute Gasteiger partial charge is 0.398 e. The summed E-state index contributed by atoms with van der Waals surface area (Å²) in [6.45, 7) is 0. The Morgan fingerprint density at radius 2 is 1.83 bits per heavy atom. The van der Waals surface area contributed by atoms with Gasteiger partial charge in [-0.1, -0.05) is 41.4 Å². The van der Waals surface area contributed by atoms with Crippen LogP contribution in [0.15, 0.2) is 42.5 Å². The maximum absolute atomic E-state index is 10.2. The van der Waals surface area contributed by atoms with Gasteiger partial charge in [0, 0.05) is 27.7 Å². The van der Waals surface area contributed by atoms with Gasteiger partial charge in [-0.2, -0.15) is 0 Å². The molecule has 18 heavy (non-hydrogen) atoms. The first-order chi connectivity index (χ1) is 8.58. The minimum absolute atomic E-state index is 0.383. The third-order valence-corrected chi connectivity index (χ3v) is 3.38. The summed E-state index contributed by atoms with van der Waals surface area (Å²) in [5.41, 5.74) is 7.90. The summed E-state index contributed by atoms with van der Waals surface area (Å²) in [6, 6.07) is 12.4. The van der Waals surface area contributed by atoms with Gasteiger partial charge in [-0.05, 0) is 29.8 Å². The topological polar surface area (TPSA) is 46.2 Å². The number of nitrogens with two attached hydrogens (primary N) is 1. The Bertz CT molecular complexity index is 557. The molecule has 0 aliphatic heterocycles. The molecular weight excluding hydrogens is 269 g/mol. The highest BCUT2D eigenvalue weighted by atomic mass is 35.5. The zero-order valence-electron chi connectivity index (χ0n) is 9.61. The quantitative estimate of drug-likeness (QED) is 0.840. The highest BCUT2D eigenvalue weighted by Crippen LogP contribution is 2.28. The predicted molar refractivity (Wildman–Crippen MR) is 76.0 cm³/mol. The number of benzene rings is 2. The van der Waals surface area contributed by atoms with E-state index in [0.717, 1.165) is 5.56 Å². The zero-order valence-corrected chi connectivity index (χ0v) is 11.1. The van der Waals surface area contributed by atoms with Crippen LogP contribution in [0.1, 0.15) is 17.2 Å². The summed E-state index contributed by atoms with van der Waals surface area (Å²) >= 11 is 12.0. The molecule has 0 aliphatic carbocycles. The number of nitrogen functional groups attached to an aromatic ring is 1. The summed E-state index contributed by atoms with van der Waals surface area (Å²) in [7, 11) is 0. The minimum Gasteiger partial charge on any atom is -0.398 e. The van der Waals surface area contributed by atoms with Crippen molar-refractivity contribution in [2.45, 2.75) is 12.5 Å². The number of hydrogen-bond donors (Lipinski definition) is 2. The molecule has 0 fully saturated rings. The number of rotatable bonds is 3. The standard InChI is InChI=1S/C14H13Cl2NO/c15-10-5-6-12(16)9(7-10)8-14(18)11-3-1-2-4-13(11)17/h1-7,14,18H,8,17H2. The molecule has 1 atom stereocenters. The second-order valence-corrected chi connectivity index (χ2v) is 4.93. The first kappa shape index (κ1) is 13.2. The molecule has 0 amide bonds. The summed E-state index contributed by atoms with van der Waals surface area (Å²) in [6.07, 6.45) is -0.310. The lowest BCUT2D eigenvalue weighted by atomic mass is 10.00. The van der Waals surface area contributed by atoms with Gasteiger partial charge in [-0.15, -0.1) is 0 Å². The Morgan fingerprint density at radius 3 is 2.56 bits per heavy atom. The monoisotopic (exact) mass is 281 g/mol. The summed E-state index contributed by atoms with van der Waals surface area (Å²) < 4.78 is 0. The average Bonchev–Trinajstić information content (AvgIpc) is 2.34. The fourth-order valence-corrected chi connectivity index (χ4v) is 2.22. The normalized spacial score (nSPS) is 12.4. The summed E-state index contributed by atoms with van der Waals surface area (Å²) in [4.78, 5) is 0. The molecule has 0 spiro atoms. The molecule has 0 saturated heterocycles. The van der Waals surface area contributed by atoms with E-state index in [1.54, 1.807) is 30.3 Å². The number of para-hydroxylation sites is 1.